The first-order valence-corrected chi connectivity index (χ1v) is 7.08. The summed E-state index contributed by atoms with van der Waals surface area (Å²) in [6.45, 7) is 4.61. The molecule has 0 bridgehead atoms. The van der Waals surface area contributed by atoms with E-state index in [-0.39, 0.29) is 19.1 Å². The third-order valence-electron chi connectivity index (χ3n) is 2.69. The van der Waals surface area contributed by atoms with Crippen LogP contribution >= 0.6 is 0 Å². The molecule has 0 spiro atoms. The molecule has 0 rings (SSSR count). The summed E-state index contributed by atoms with van der Waals surface area (Å²) in [7, 11) is 0. The smallest absolute Gasteiger partial charge is 0.306 e. The number of aliphatic hydroxyl groups excluding tert-OH is 2. The van der Waals surface area contributed by atoms with Gasteiger partial charge in [0.25, 0.3) is 0 Å². The SMILES string of the molecule is CCCC(CCC)C(=O)O.OCCCCCCO. The Morgan fingerprint density at radius 2 is 1.28 bits per heavy atom. The molecule has 0 atom stereocenters. The van der Waals surface area contributed by atoms with Crippen molar-refractivity contribution in [3.8, 4) is 0 Å². The Bertz CT molecular complexity index is 159. The number of hydrogen-bond donors (Lipinski definition) is 3. The van der Waals surface area contributed by atoms with Gasteiger partial charge in [-0.3, -0.25) is 4.79 Å². The molecule has 0 fully saturated rings. The monoisotopic (exact) mass is 262 g/mol. The molecule has 0 aromatic heterocycles. The standard InChI is InChI=1S/C8H16O2.C6H14O2/c1-3-5-7(6-4-2)8(9)10;7-5-3-1-2-4-6-8/h7H,3-6H2,1-2H3,(H,9,10);7-8H,1-6H2. The third kappa shape index (κ3) is 15.4. The van der Waals surface area contributed by atoms with Crippen LogP contribution in [0.25, 0.3) is 0 Å². The zero-order valence-corrected chi connectivity index (χ0v) is 11.9. The molecule has 0 radical (unpaired) electrons. The van der Waals surface area contributed by atoms with Gasteiger partial charge in [-0.15, -0.1) is 0 Å². The number of carboxylic acid groups (broad SMARTS) is 1. The van der Waals surface area contributed by atoms with E-state index in [9.17, 15) is 4.79 Å². The van der Waals surface area contributed by atoms with Gasteiger partial charge < -0.3 is 15.3 Å². The van der Waals surface area contributed by atoms with Crippen molar-refractivity contribution in [2.75, 3.05) is 13.2 Å². The lowest BCUT2D eigenvalue weighted by Crippen LogP contribution is -2.12. The van der Waals surface area contributed by atoms with Gasteiger partial charge in [-0.25, -0.2) is 0 Å². The van der Waals surface area contributed by atoms with Gasteiger partial charge in [-0.1, -0.05) is 39.5 Å². The molecule has 3 N–H and O–H groups in total. The average molecular weight is 262 g/mol. The second-order valence-corrected chi connectivity index (χ2v) is 4.47. The van der Waals surface area contributed by atoms with Gasteiger partial charge in [0.1, 0.15) is 0 Å². The number of aliphatic carboxylic acids is 1. The predicted molar refractivity (Wildman–Crippen MR) is 73.6 cm³/mol. The molecular formula is C14H30O4. The number of carbonyl (C=O) groups is 1. The molecule has 0 aromatic carbocycles. The predicted octanol–water partition coefficient (Wildman–Crippen LogP) is 2.82. The largest absolute Gasteiger partial charge is 0.481 e. The van der Waals surface area contributed by atoms with Gasteiger partial charge in [0.15, 0.2) is 0 Å². The van der Waals surface area contributed by atoms with Gasteiger partial charge in [0.2, 0.25) is 0 Å². The number of carboxylic acids is 1. The van der Waals surface area contributed by atoms with Crippen LogP contribution in [-0.4, -0.2) is 34.5 Å². The van der Waals surface area contributed by atoms with Gasteiger partial charge in [-0.05, 0) is 25.7 Å². The van der Waals surface area contributed by atoms with Gasteiger partial charge >= 0.3 is 5.97 Å². The van der Waals surface area contributed by atoms with Crippen LogP contribution in [0.3, 0.4) is 0 Å². The Labute approximate surface area is 111 Å². The molecule has 4 heteroatoms. The lowest BCUT2D eigenvalue weighted by atomic mass is 9.99. The molecule has 4 nitrogen and oxygen atoms in total. The van der Waals surface area contributed by atoms with Crippen LogP contribution in [0.2, 0.25) is 0 Å². The molecule has 0 unspecified atom stereocenters. The zero-order chi connectivity index (χ0) is 14.2. The lowest BCUT2D eigenvalue weighted by molar-refractivity contribution is -0.142. The third-order valence-corrected chi connectivity index (χ3v) is 2.69. The maximum absolute atomic E-state index is 10.5. The van der Waals surface area contributed by atoms with Crippen molar-refractivity contribution < 1.29 is 20.1 Å². The van der Waals surface area contributed by atoms with Gasteiger partial charge in [-0.2, -0.15) is 0 Å². The van der Waals surface area contributed by atoms with E-state index in [1.54, 1.807) is 0 Å². The summed E-state index contributed by atoms with van der Waals surface area (Å²) < 4.78 is 0. The molecule has 0 aliphatic rings. The summed E-state index contributed by atoms with van der Waals surface area (Å²) in [5.41, 5.74) is 0. The highest BCUT2D eigenvalue weighted by Gasteiger charge is 2.13. The van der Waals surface area contributed by atoms with E-state index in [0.29, 0.717) is 0 Å². The second kappa shape index (κ2) is 16.4. The average Bonchev–Trinajstić information content (AvgIpc) is 2.35. The Morgan fingerprint density at radius 3 is 1.50 bits per heavy atom. The maximum Gasteiger partial charge on any atom is 0.306 e. The van der Waals surface area contributed by atoms with E-state index >= 15 is 0 Å². The van der Waals surface area contributed by atoms with Crippen LogP contribution in [0.15, 0.2) is 0 Å². The fourth-order valence-corrected chi connectivity index (χ4v) is 1.67. The van der Waals surface area contributed by atoms with E-state index in [4.69, 9.17) is 15.3 Å². The van der Waals surface area contributed by atoms with Crippen LogP contribution < -0.4 is 0 Å². The highest BCUT2D eigenvalue weighted by atomic mass is 16.4. The van der Waals surface area contributed by atoms with Gasteiger partial charge in [0.05, 0.1) is 5.92 Å². The van der Waals surface area contributed by atoms with Gasteiger partial charge in [0, 0.05) is 13.2 Å². The Kier molecular flexibility index (Phi) is 18.0. The van der Waals surface area contributed by atoms with Crippen molar-refractivity contribution in [2.45, 2.75) is 65.2 Å². The molecule has 0 aromatic rings. The summed E-state index contributed by atoms with van der Waals surface area (Å²) in [4.78, 5) is 10.5. The fourth-order valence-electron chi connectivity index (χ4n) is 1.67. The van der Waals surface area contributed by atoms with E-state index in [2.05, 4.69) is 0 Å². The topological polar surface area (TPSA) is 77.8 Å². The van der Waals surface area contributed by atoms with Crippen molar-refractivity contribution in [1.29, 1.82) is 0 Å². The first-order chi connectivity index (χ1) is 8.63. The first-order valence-electron chi connectivity index (χ1n) is 7.08. The summed E-state index contributed by atoms with van der Waals surface area (Å²) in [6, 6.07) is 0. The molecule has 0 saturated carbocycles. The van der Waals surface area contributed by atoms with E-state index in [1.807, 2.05) is 13.8 Å². The number of aliphatic hydroxyl groups is 2. The molecule has 18 heavy (non-hydrogen) atoms. The fraction of sp³-hybridized carbons (Fsp3) is 0.929. The summed E-state index contributed by atoms with van der Waals surface area (Å²) in [6.07, 6.45) is 7.41. The highest BCUT2D eigenvalue weighted by Crippen LogP contribution is 2.12. The minimum atomic E-state index is -0.635. The quantitative estimate of drug-likeness (QED) is 0.529. The highest BCUT2D eigenvalue weighted by molar-refractivity contribution is 5.69. The minimum Gasteiger partial charge on any atom is -0.481 e. The molecule has 0 heterocycles. The molecule has 110 valence electrons. The minimum absolute atomic E-state index is 0.102. The molecule has 0 aliphatic carbocycles. The van der Waals surface area contributed by atoms with Crippen molar-refractivity contribution in [1.82, 2.24) is 0 Å². The molecular weight excluding hydrogens is 232 g/mol. The Balaban J connectivity index is 0. The number of hydrogen-bond acceptors (Lipinski definition) is 3. The summed E-state index contributed by atoms with van der Waals surface area (Å²) in [5.74, 6) is -0.737. The number of rotatable bonds is 10. The number of unbranched alkanes of at least 4 members (excludes halogenated alkanes) is 3. The molecule has 0 aliphatic heterocycles. The van der Waals surface area contributed by atoms with Crippen molar-refractivity contribution in [2.24, 2.45) is 5.92 Å². The first kappa shape index (κ1) is 19.7. The molecule has 0 amide bonds. The second-order valence-electron chi connectivity index (χ2n) is 4.47. The van der Waals surface area contributed by atoms with Crippen LogP contribution in [0.5, 0.6) is 0 Å². The van der Waals surface area contributed by atoms with Crippen molar-refractivity contribution in [3.63, 3.8) is 0 Å². The van der Waals surface area contributed by atoms with Crippen LogP contribution in [0.4, 0.5) is 0 Å². The Hall–Kier alpha value is -0.610. The zero-order valence-electron chi connectivity index (χ0n) is 11.9. The van der Waals surface area contributed by atoms with Crippen LogP contribution in [0, 0.1) is 5.92 Å². The maximum atomic E-state index is 10.5. The summed E-state index contributed by atoms with van der Waals surface area (Å²) >= 11 is 0. The van der Waals surface area contributed by atoms with Crippen LogP contribution in [-0.2, 0) is 4.79 Å². The van der Waals surface area contributed by atoms with E-state index in [0.717, 1.165) is 51.4 Å². The van der Waals surface area contributed by atoms with Crippen molar-refractivity contribution in [3.05, 3.63) is 0 Å². The Morgan fingerprint density at radius 1 is 0.889 bits per heavy atom. The van der Waals surface area contributed by atoms with E-state index < -0.39 is 5.97 Å². The van der Waals surface area contributed by atoms with E-state index in [1.165, 1.54) is 0 Å². The molecule has 0 saturated heterocycles. The summed E-state index contributed by atoms with van der Waals surface area (Å²) in [5, 5.41) is 25.2. The lowest BCUT2D eigenvalue weighted by Gasteiger charge is -2.07. The normalized spacial score (nSPS) is 10.1. The van der Waals surface area contributed by atoms with Crippen LogP contribution in [0.1, 0.15) is 65.2 Å². The van der Waals surface area contributed by atoms with Crippen molar-refractivity contribution >= 4 is 5.97 Å².